The second-order valence-electron chi connectivity index (χ2n) is 6.75. The lowest BCUT2D eigenvalue weighted by Gasteiger charge is -2.10. The molecule has 5 nitrogen and oxygen atoms in total. The quantitative estimate of drug-likeness (QED) is 0.457. The fraction of sp³-hybridized carbons (Fsp3) is 0.0455. The van der Waals surface area contributed by atoms with Gasteiger partial charge in [0.15, 0.2) is 0 Å². The van der Waals surface area contributed by atoms with Gasteiger partial charge in [-0.3, -0.25) is 0 Å². The number of nitrogens with zero attached hydrogens (tertiary/aromatic N) is 3. The monoisotopic (exact) mass is 387 g/mol. The minimum Gasteiger partial charge on any atom is -0.241 e. The van der Waals surface area contributed by atoms with Crippen LogP contribution in [0.2, 0.25) is 0 Å². The van der Waals surface area contributed by atoms with Gasteiger partial charge in [0, 0.05) is 23.2 Å². The van der Waals surface area contributed by atoms with Gasteiger partial charge in [0.05, 0.1) is 21.6 Å². The highest BCUT2D eigenvalue weighted by Gasteiger charge is 2.23. The molecule has 5 rings (SSSR count). The lowest BCUT2D eigenvalue weighted by molar-refractivity contribution is 0.590. The molecule has 5 aromatic rings. The molecule has 0 N–H and O–H groups in total. The summed E-state index contributed by atoms with van der Waals surface area (Å²) in [6, 6.07) is 22.1. The zero-order chi connectivity index (χ0) is 19.3. The summed E-state index contributed by atoms with van der Waals surface area (Å²) in [5.41, 5.74) is 3.21. The van der Waals surface area contributed by atoms with Crippen molar-refractivity contribution in [3.8, 4) is 5.69 Å². The lowest BCUT2D eigenvalue weighted by Crippen LogP contribution is -2.12. The SMILES string of the molecule is Cc1ccc(S(=O)(=O)n2c3ccccc3c3cc(-n4cccn4)ccc32)cc1. The Morgan fingerprint density at radius 1 is 0.821 bits per heavy atom. The molecule has 138 valence electrons. The molecule has 0 radical (unpaired) electrons. The standard InChI is InChI=1S/C22H17N3O2S/c1-16-7-10-18(11-8-16)28(26,27)25-21-6-3-2-5-19(21)20-15-17(9-12-22(20)25)24-14-4-13-23-24/h2-15H,1H3. The van der Waals surface area contributed by atoms with Crippen molar-refractivity contribution in [1.82, 2.24) is 13.8 Å². The Bertz CT molecular complexity index is 1410. The molecule has 0 atom stereocenters. The summed E-state index contributed by atoms with van der Waals surface area (Å²) in [4.78, 5) is 0.275. The van der Waals surface area contributed by atoms with Gasteiger partial charge in [0.2, 0.25) is 0 Å². The second-order valence-corrected chi connectivity index (χ2v) is 8.54. The van der Waals surface area contributed by atoms with Gasteiger partial charge in [-0.2, -0.15) is 5.10 Å². The Labute approximate surface area is 162 Å². The maximum atomic E-state index is 13.5. The Kier molecular flexibility index (Phi) is 3.64. The Hall–Kier alpha value is -3.38. The number of aromatic nitrogens is 3. The third-order valence-corrected chi connectivity index (χ3v) is 6.68. The number of hydrogen-bond donors (Lipinski definition) is 0. The van der Waals surface area contributed by atoms with E-state index in [4.69, 9.17) is 0 Å². The van der Waals surface area contributed by atoms with Crippen LogP contribution in [-0.2, 0) is 10.0 Å². The first-order valence-electron chi connectivity index (χ1n) is 8.91. The summed E-state index contributed by atoms with van der Waals surface area (Å²) in [5, 5.41) is 6.04. The Morgan fingerprint density at radius 3 is 2.32 bits per heavy atom. The van der Waals surface area contributed by atoms with Gasteiger partial charge in [-0.25, -0.2) is 17.1 Å². The van der Waals surface area contributed by atoms with E-state index in [1.54, 1.807) is 23.0 Å². The number of benzene rings is 3. The van der Waals surface area contributed by atoms with Crippen molar-refractivity contribution in [3.63, 3.8) is 0 Å². The normalized spacial score (nSPS) is 12.0. The van der Waals surface area contributed by atoms with Gasteiger partial charge in [-0.1, -0.05) is 35.9 Å². The third kappa shape index (κ3) is 2.46. The number of aryl methyl sites for hydroxylation is 1. The second kappa shape index (κ2) is 6.07. The topological polar surface area (TPSA) is 56.9 Å². The maximum Gasteiger partial charge on any atom is 0.268 e. The molecule has 0 unspecified atom stereocenters. The zero-order valence-electron chi connectivity index (χ0n) is 15.1. The van der Waals surface area contributed by atoms with Crippen LogP contribution in [0.5, 0.6) is 0 Å². The van der Waals surface area contributed by atoms with E-state index in [0.29, 0.717) is 11.0 Å². The molecule has 0 aliphatic rings. The molecule has 0 saturated heterocycles. The van der Waals surface area contributed by atoms with Crippen molar-refractivity contribution < 1.29 is 8.42 Å². The van der Waals surface area contributed by atoms with Crippen LogP contribution in [0.15, 0.2) is 90.1 Å². The molecule has 0 bridgehead atoms. The summed E-state index contributed by atoms with van der Waals surface area (Å²) >= 11 is 0. The van der Waals surface area contributed by atoms with Crippen LogP contribution in [0, 0.1) is 6.92 Å². The molecule has 0 amide bonds. The Balaban J connectivity index is 1.84. The van der Waals surface area contributed by atoms with Crippen molar-refractivity contribution in [1.29, 1.82) is 0 Å². The molecule has 0 aliphatic carbocycles. The fourth-order valence-corrected chi connectivity index (χ4v) is 5.09. The van der Waals surface area contributed by atoms with E-state index in [1.807, 2.05) is 73.8 Å². The van der Waals surface area contributed by atoms with E-state index in [0.717, 1.165) is 22.0 Å². The van der Waals surface area contributed by atoms with E-state index in [2.05, 4.69) is 5.10 Å². The van der Waals surface area contributed by atoms with Crippen LogP contribution in [0.3, 0.4) is 0 Å². The van der Waals surface area contributed by atoms with Crippen LogP contribution in [0.1, 0.15) is 5.56 Å². The molecule has 3 aromatic carbocycles. The third-order valence-electron chi connectivity index (χ3n) is 4.94. The van der Waals surface area contributed by atoms with Gasteiger partial charge in [0.1, 0.15) is 0 Å². The van der Waals surface area contributed by atoms with Crippen molar-refractivity contribution in [2.45, 2.75) is 11.8 Å². The van der Waals surface area contributed by atoms with E-state index < -0.39 is 10.0 Å². The predicted octanol–water partition coefficient (Wildman–Crippen LogP) is 4.53. The molecule has 2 aromatic heterocycles. The molecule has 0 aliphatic heterocycles. The summed E-state index contributed by atoms with van der Waals surface area (Å²) < 4.78 is 30.2. The number of para-hydroxylation sites is 1. The largest absolute Gasteiger partial charge is 0.268 e. The van der Waals surface area contributed by atoms with Crippen LogP contribution in [0.4, 0.5) is 0 Å². The van der Waals surface area contributed by atoms with Gasteiger partial charge < -0.3 is 0 Å². The molecule has 0 spiro atoms. The smallest absolute Gasteiger partial charge is 0.241 e. The predicted molar refractivity (Wildman–Crippen MR) is 110 cm³/mol. The Morgan fingerprint density at radius 2 is 1.57 bits per heavy atom. The van der Waals surface area contributed by atoms with E-state index in [9.17, 15) is 8.42 Å². The van der Waals surface area contributed by atoms with E-state index in [-0.39, 0.29) is 4.90 Å². The van der Waals surface area contributed by atoms with Gasteiger partial charge in [0.25, 0.3) is 10.0 Å². The molecule has 6 heteroatoms. The first kappa shape index (κ1) is 16.8. The molecular formula is C22H17N3O2S. The van der Waals surface area contributed by atoms with Crippen molar-refractivity contribution >= 4 is 31.8 Å². The maximum absolute atomic E-state index is 13.5. The molecule has 28 heavy (non-hydrogen) atoms. The van der Waals surface area contributed by atoms with Gasteiger partial charge in [-0.15, -0.1) is 0 Å². The average molecular weight is 387 g/mol. The van der Waals surface area contributed by atoms with Crippen molar-refractivity contribution in [2.75, 3.05) is 0 Å². The summed E-state index contributed by atoms with van der Waals surface area (Å²) in [6.45, 7) is 1.94. The number of fused-ring (bicyclic) bond motifs is 3. The van der Waals surface area contributed by atoms with Crippen LogP contribution in [-0.4, -0.2) is 22.2 Å². The minimum atomic E-state index is -3.74. The minimum absolute atomic E-state index is 0.275. The first-order chi connectivity index (χ1) is 13.6. The van der Waals surface area contributed by atoms with Gasteiger partial charge in [-0.05, 0) is 49.4 Å². The van der Waals surface area contributed by atoms with Crippen LogP contribution in [0.25, 0.3) is 27.5 Å². The number of hydrogen-bond acceptors (Lipinski definition) is 3. The van der Waals surface area contributed by atoms with Crippen LogP contribution >= 0.6 is 0 Å². The number of rotatable bonds is 3. The highest BCUT2D eigenvalue weighted by atomic mass is 32.2. The first-order valence-corrected chi connectivity index (χ1v) is 10.4. The van der Waals surface area contributed by atoms with E-state index in [1.165, 1.54) is 3.97 Å². The fourth-order valence-electron chi connectivity index (χ4n) is 3.56. The molecular weight excluding hydrogens is 370 g/mol. The van der Waals surface area contributed by atoms with E-state index >= 15 is 0 Å². The summed E-state index contributed by atoms with van der Waals surface area (Å²) in [6.07, 6.45) is 3.58. The highest BCUT2D eigenvalue weighted by molar-refractivity contribution is 7.90. The zero-order valence-corrected chi connectivity index (χ0v) is 16.0. The average Bonchev–Trinajstić information content (AvgIpc) is 3.34. The lowest BCUT2D eigenvalue weighted by atomic mass is 10.1. The molecule has 0 fully saturated rings. The summed E-state index contributed by atoms with van der Waals surface area (Å²) in [5.74, 6) is 0. The summed E-state index contributed by atoms with van der Waals surface area (Å²) in [7, 11) is -3.74. The van der Waals surface area contributed by atoms with Crippen LogP contribution < -0.4 is 0 Å². The molecule has 2 heterocycles. The van der Waals surface area contributed by atoms with Crippen molar-refractivity contribution in [2.24, 2.45) is 0 Å². The van der Waals surface area contributed by atoms with Gasteiger partial charge >= 0.3 is 0 Å². The highest BCUT2D eigenvalue weighted by Crippen LogP contribution is 2.33. The van der Waals surface area contributed by atoms with Crippen molar-refractivity contribution in [3.05, 3.63) is 90.8 Å². The molecule has 0 saturated carbocycles.